The van der Waals surface area contributed by atoms with Gasteiger partial charge < -0.3 is 14.2 Å². The summed E-state index contributed by atoms with van der Waals surface area (Å²) in [5.41, 5.74) is 2.35. The number of benzene rings is 3. The number of hydrogen-bond donors (Lipinski definition) is 0. The van der Waals surface area contributed by atoms with Gasteiger partial charge >= 0.3 is 5.97 Å². The molecule has 0 fully saturated rings. The summed E-state index contributed by atoms with van der Waals surface area (Å²) in [5, 5.41) is 0.824. The number of methoxy groups -OCH3 is 2. The number of hydrogen-bond acceptors (Lipinski definition) is 5. The lowest BCUT2D eigenvalue weighted by molar-refractivity contribution is 0.0471. The summed E-state index contributed by atoms with van der Waals surface area (Å²) in [6.07, 6.45) is 0. The number of nitrogens with zero attached hydrogens (tertiary/aromatic N) is 1. The minimum absolute atomic E-state index is 0.126. The third-order valence-electron chi connectivity index (χ3n) is 5.02. The van der Waals surface area contributed by atoms with Gasteiger partial charge in [-0.05, 0) is 42.5 Å². The van der Waals surface area contributed by atoms with Crippen molar-refractivity contribution in [3.05, 3.63) is 88.7 Å². The van der Waals surface area contributed by atoms with Crippen LogP contribution in [0.2, 0.25) is 5.02 Å². The Balaban J connectivity index is 1.73. The van der Waals surface area contributed by atoms with E-state index in [4.69, 9.17) is 25.8 Å². The Morgan fingerprint density at radius 3 is 2.50 bits per heavy atom. The minimum Gasteiger partial charge on any atom is -0.493 e. The molecule has 3 aromatic carbocycles. The molecule has 0 aliphatic rings. The van der Waals surface area contributed by atoms with Crippen LogP contribution in [0.25, 0.3) is 22.2 Å². The average molecular weight is 452 g/mol. The van der Waals surface area contributed by atoms with E-state index in [9.17, 15) is 9.18 Å². The minimum atomic E-state index is -0.607. The molecular weight excluding hydrogens is 433 g/mol. The highest BCUT2D eigenvalue weighted by atomic mass is 35.5. The molecule has 0 saturated carbocycles. The molecule has 4 aromatic rings. The molecule has 4 rings (SSSR count). The van der Waals surface area contributed by atoms with Crippen molar-refractivity contribution in [3.63, 3.8) is 0 Å². The van der Waals surface area contributed by atoms with Crippen LogP contribution in [-0.2, 0) is 11.3 Å². The van der Waals surface area contributed by atoms with Crippen LogP contribution >= 0.6 is 11.6 Å². The SMILES string of the molecule is COc1ccc(-c2cc(C(=O)OCc3c(F)cccc3Cl)c3ccccc3n2)cc1OC. The summed E-state index contributed by atoms with van der Waals surface area (Å²) >= 11 is 6.05. The van der Waals surface area contributed by atoms with Crippen molar-refractivity contribution in [2.45, 2.75) is 6.61 Å². The van der Waals surface area contributed by atoms with Gasteiger partial charge in [-0.2, -0.15) is 0 Å². The van der Waals surface area contributed by atoms with E-state index >= 15 is 0 Å². The fraction of sp³-hybridized carbons (Fsp3) is 0.120. The highest BCUT2D eigenvalue weighted by molar-refractivity contribution is 6.31. The van der Waals surface area contributed by atoms with E-state index in [1.807, 2.05) is 24.3 Å². The fourth-order valence-corrected chi connectivity index (χ4v) is 3.59. The first-order chi connectivity index (χ1) is 15.5. The van der Waals surface area contributed by atoms with Gasteiger partial charge in [-0.3, -0.25) is 0 Å². The van der Waals surface area contributed by atoms with Crippen LogP contribution in [0.3, 0.4) is 0 Å². The second kappa shape index (κ2) is 9.24. The number of aromatic nitrogens is 1. The van der Waals surface area contributed by atoms with Gasteiger partial charge in [0.1, 0.15) is 12.4 Å². The molecule has 1 aromatic heterocycles. The number of halogens is 2. The molecule has 0 spiro atoms. The van der Waals surface area contributed by atoms with Gasteiger partial charge in [-0.15, -0.1) is 0 Å². The third kappa shape index (κ3) is 4.22. The van der Waals surface area contributed by atoms with Crippen molar-refractivity contribution in [1.82, 2.24) is 4.98 Å². The Kier molecular flexibility index (Phi) is 6.23. The number of carbonyl (C=O) groups is 1. The van der Waals surface area contributed by atoms with E-state index in [-0.39, 0.29) is 17.2 Å². The monoisotopic (exact) mass is 451 g/mol. The van der Waals surface area contributed by atoms with Crippen molar-refractivity contribution < 1.29 is 23.4 Å². The van der Waals surface area contributed by atoms with Gasteiger partial charge in [-0.25, -0.2) is 14.2 Å². The lowest BCUT2D eigenvalue weighted by Gasteiger charge is -2.13. The van der Waals surface area contributed by atoms with E-state index in [2.05, 4.69) is 4.98 Å². The topological polar surface area (TPSA) is 57.7 Å². The van der Waals surface area contributed by atoms with Crippen LogP contribution in [0.5, 0.6) is 11.5 Å². The Morgan fingerprint density at radius 1 is 0.969 bits per heavy atom. The molecule has 0 N–H and O–H groups in total. The lowest BCUT2D eigenvalue weighted by Crippen LogP contribution is -2.08. The van der Waals surface area contributed by atoms with Crippen molar-refractivity contribution in [2.24, 2.45) is 0 Å². The molecule has 5 nitrogen and oxygen atoms in total. The Labute approximate surface area is 189 Å². The van der Waals surface area contributed by atoms with Gasteiger partial charge in [-0.1, -0.05) is 35.9 Å². The van der Waals surface area contributed by atoms with E-state index < -0.39 is 11.8 Å². The molecule has 32 heavy (non-hydrogen) atoms. The van der Waals surface area contributed by atoms with E-state index in [1.165, 1.54) is 12.1 Å². The summed E-state index contributed by atoms with van der Waals surface area (Å²) < 4.78 is 30.2. The molecule has 0 radical (unpaired) electrons. The largest absolute Gasteiger partial charge is 0.493 e. The Bertz CT molecular complexity index is 1290. The summed E-state index contributed by atoms with van der Waals surface area (Å²) in [5.74, 6) is -0.0164. The van der Waals surface area contributed by atoms with Crippen LogP contribution in [0, 0.1) is 5.82 Å². The number of carbonyl (C=O) groups excluding carboxylic acids is 1. The summed E-state index contributed by atoms with van der Waals surface area (Å²) in [6, 6.07) is 18.6. The number of para-hydroxylation sites is 1. The van der Waals surface area contributed by atoms with Crippen LogP contribution in [-0.4, -0.2) is 25.2 Å². The highest BCUT2D eigenvalue weighted by Gasteiger charge is 2.18. The van der Waals surface area contributed by atoms with Crippen molar-refractivity contribution in [3.8, 4) is 22.8 Å². The first kappa shape index (κ1) is 21.6. The predicted molar refractivity (Wildman–Crippen MR) is 121 cm³/mol. The molecule has 0 aliphatic heterocycles. The van der Waals surface area contributed by atoms with Crippen molar-refractivity contribution in [1.29, 1.82) is 0 Å². The maximum absolute atomic E-state index is 14.1. The molecule has 0 saturated heterocycles. The van der Waals surface area contributed by atoms with Crippen LogP contribution in [0.1, 0.15) is 15.9 Å². The zero-order valence-electron chi connectivity index (χ0n) is 17.4. The number of esters is 1. The molecule has 0 atom stereocenters. The molecule has 1 heterocycles. The molecular formula is C25H19ClFNO4. The van der Waals surface area contributed by atoms with Crippen molar-refractivity contribution >= 4 is 28.5 Å². The molecule has 0 amide bonds. The average Bonchev–Trinajstić information content (AvgIpc) is 2.82. The molecule has 0 aliphatic carbocycles. The summed E-state index contributed by atoms with van der Waals surface area (Å²) in [4.78, 5) is 17.7. The molecule has 0 unspecified atom stereocenters. The molecule has 0 bridgehead atoms. The lowest BCUT2D eigenvalue weighted by atomic mass is 10.0. The second-order valence-corrected chi connectivity index (χ2v) is 7.33. The van der Waals surface area contributed by atoms with Gasteiger partial charge in [0.15, 0.2) is 11.5 Å². The summed E-state index contributed by atoms with van der Waals surface area (Å²) in [6.45, 7) is -0.285. The van der Waals surface area contributed by atoms with Gasteiger partial charge in [0.05, 0.1) is 36.0 Å². The zero-order chi connectivity index (χ0) is 22.7. The predicted octanol–water partition coefficient (Wildman–Crippen LogP) is 6.07. The van der Waals surface area contributed by atoms with Crippen molar-refractivity contribution in [2.75, 3.05) is 14.2 Å². The fourth-order valence-electron chi connectivity index (χ4n) is 3.37. The van der Waals surface area contributed by atoms with Gasteiger partial charge in [0.2, 0.25) is 0 Å². The van der Waals surface area contributed by atoms with Gasteiger partial charge in [0.25, 0.3) is 0 Å². The highest BCUT2D eigenvalue weighted by Crippen LogP contribution is 2.33. The quantitative estimate of drug-likeness (QED) is 0.333. The maximum atomic E-state index is 14.1. The number of ether oxygens (including phenoxy) is 3. The first-order valence-electron chi connectivity index (χ1n) is 9.74. The normalized spacial score (nSPS) is 10.8. The summed E-state index contributed by atoms with van der Waals surface area (Å²) in [7, 11) is 3.10. The molecule has 162 valence electrons. The van der Waals surface area contributed by atoms with E-state index in [0.29, 0.717) is 33.7 Å². The number of fused-ring (bicyclic) bond motifs is 1. The third-order valence-corrected chi connectivity index (χ3v) is 5.38. The Morgan fingerprint density at radius 2 is 1.75 bits per heavy atom. The van der Waals surface area contributed by atoms with Crippen LogP contribution < -0.4 is 9.47 Å². The first-order valence-corrected chi connectivity index (χ1v) is 10.1. The standard InChI is InChI=1S/C25H19ClFNO4/c1-30-23-11-10-15(12-24(23)31-2)22-13-17(16-6-3-4-9-21(16)28-22)25(29)32-14-18-19(26)7-5-8-20(18)27/h3-13H,14H2,1-2H3. The maximum Gasteiger partial charge on any atom is 0.339 e. The van der Waals surface area contributed by atoms with Crippen LogP contribution in [0.15, 0.2) is 66.7 Å². The van der Waals surface area contributed by atoms with E-state index in [0.717, 1.165) is 5.56 Å². The van der Waals surface area contributed by atoms with Crippen LogP contribution in [0.4, 0.5) is 4.39 Å². The second-order valence-electron chi connectivity index (χ2n) is 6.92. The molecule has 7 heteroatoms. The number of rotatable bonds is 6. The zero-order valence-corrected chi connectivity index (χ0v) is 18.2. The smallest absolute Gasteiger partial charge is 0.339 e. The van der Waals surface area contributed by atoms with Gasteiger partial charge in [0, 0.05) is 16.5 Å². The number of pyridine rings is 1. The Hall–Kier alpha value is -3.64. The van der Waals surface area contributed by atoms with E-state index in [1.54, 1.807) is 44.6 Å².